The van der Waals surface area contributed by atoms with Crippen LogP contribution in [0.5, 0.6) is 5.75 Å². The second kappa shape index (κ2) is 7.60. The molecule has 0 spiro atoms. The molecule has 4 rings (SSSR count). The summed E-state index contributed by atoms with van der Waals surface area (Å²) in [5.74, 6) is 1.10. The number of carbonyl (C=O) groups excluding carboxylic acids is 2. The van der Waals surface area contributed by atoms with Crippen LogP contribution in [-0.2, 0) is 16.1 Å². The highest BCUT2D eigenvalue weighted by molar-refractivity contribution is 5.86. The molecule has 2 aromatic carbocycles. The first kappa shape index (κ1) is 17.9. The van der Waals surface area contributed by atoms with Crippen molar-refractivity contribution in [2.75, 3.05) is 5.32 Å². The molecular weight excluding hydrogens is 358 g/mol. The molecular formula is C22H19NO5. The lowest BCUT2D eigenvalue weighted by Gasteiger charge is -2.21. The van der Waals surface area contributed by atoms with Gasteiger partial charge in [0.25, 0.3) is 0 Å². The third-order valence-corrected chi connectivity index (χ3v) is 4.62. The van der Waals surface area contributed by atoms with Crippen molar-refractivity contribution in [1.82, 2.24) is 0 Å². The molecule has 0 saturated carbocycles. The number of benzene rings is 2. The Hall–Kier alpha value is -3.54. The molecule has 2 heterocycles. The van der Waals surface area contributed by atoms with Gasteiger partial charge in [0.2, 0.25) is 0 Å². The van der Waals surface area contributed by atoms with Crippen LogP contribution in [0.4, 0.5) is 10.5 Å². The predicted molar refractivity (Wildman–Crippen MR) is 103 cm³/mol. The maximum atomic E-state index is 12.1. The van der Waals surface area contributed by atoms with Crippen molar-refractivity contribution in [3.63, 3.8) is 0 Å². The monoisotopic (exact) mass is 377 g/mol. The van der Waals surface area contributed by atoms with E-state index in [0.29, 0.717) is 17.9 Å². The number of rotatable bonds is 4. The Morgan fingerprint density at radius 1 is 1.18 bits per heavy atom. The molecule has 1 aliphatic rings. The zero-order valence-corrected chi connectivity index (χ0v) is 15.3. The van der Waals surface area contributed by atoms with Gasteiger partial charge in [-0.05, 0) is 35.2 Å². The summed E-state index contributed by atoms with van der Waals surface area (Å²) in [5, 5.41) is 2.66. The number of hydrogen-bond acceptors (Lipinski definition) is 5. The second-order valence-electron chi connectivity index (χ2n) is 6.71. The van der Waals surface area contributed by atoms with Crippen molar-refractivity contribution in [3.8, 4) is 17.1 Å². The van der Waals surface area contributed by atoms with Crippen molar-refractivity contribution in [2.24, 2.45) is 0 Å². The minimum absolute atomic E-state index is 0.0985. The van der Waals surface area contributed by atoms with Gasteiger partial charge in [-0.15, -0.1) is 0 Å². The van der Waals surface area contributed by atoms with Crippen molar-refractivity contribution < 1.29 is 23.5 Å². The third-order valence-electron chi connectivity index (χ3n) is 4.62. The van der Waals surface area contributed by atoms with Gasteiger partial charge in [0.1, 0.15) is 18.1 Å². The molecule has 3 aromatic rings. The number of esters is 1. The molecule has 0 aliphatic carbocycles. The van der Waals surface area contributed by atoms with E-state index in [-0.39, 0.29) is 18.5 Å². The summed E-state index contributed by atoms with van der Waals surface area (Å²) >= 11 is 0. The molecule has 1 aliphatic heterocycles. The number of furan rings is 1. The average Bonchev–Trinajstić information content (AvgIpc) is 3.21. The van der Waals surface area contributed by atoms with Gasteiger partial charge in [0.05, 0.1) is 12.7 Å². The van der Waals surface area contributed by atoms with Crippen LogP contribution in [0.25, 0.3) is 11.3 Å². The molecule has 0 saturated heterocycles. The van der Waals surface area contributed by atoms with Crippen molar-refractivity contribution in [3.05, 3.63) is 72.0 Å². The van der Waals surface area contributed by atoms with Crippen molar-refractivity contribution >= 4 is 17.7 Å². The molecule has 6 heteroatoms. The minimum Gasteiger partial charge on any atom is -0.464 e. The fraction of sp³-hybridized carbons (Fsp3) is 0.182. The van der Waals surface area contributed by atoms with Crippen LogP contribution in [0.15, 0.2) is 65.3 Å². The van der Waals surface area contributed by atoms with E-state index in [1.54, 1.807) is 18.4 Å². The molecule has 28 heavy (non-hydrogen) atoms. The number of carbonyl (C=O) groups is 2. The van der Waals surface area contributed by atoms with E-state index in [2.05, 4.69) is 5.32 Å². The highest BCUT2D eigenvalue weighted by Gasteiger charge is 2.24. The largest absolute Gasteiger partial charge is 0.464 e. The summed E-state index contributed by atoms with van der Waals surface area (Å²) in [5.41, 5.74) is 3.28. The molecule has 6 nitrogen and oxygen atoms in total. The van der Waals surface area contributed by atoms with Gasteiger partial charge < -0.3 is 13.9 Å². The van der Waals surface area contributed by atoms with Gasteiger partial charge in [-0.1, -0.05) is 37.3 Å². The Morgan fingerprint density at radius 2 is 2.00 bits per heavy atom. The Labute approximate surface area is 162 Å². The smallest absolute Gasteiger partial charge is 0.411 e. The van der Waals surface area contributed by atoms with E-state index in [1.165, 1.54) is 0 Å². The first-order valence-corrected chi connectivity index (χ1v) is 9.00. The minimum atomic E-state index is -0.578. The van der Waals surface area contributed by atoms with Crippen LogP contribution < -0.4 is 10.1 Å². The molecule has 1 unspecified atom stereocenters. The second-order valence-corrected chi connectivity index (χ2v) is 6.71. The van der Waals surface area contributed by atoms with Crippen LogP contribution in [0.3, 0.4) is 0 Å². The molecule has 1 atom stereocenters. The number of hydrogen-bond donors (Lipinski definition) is 1. The van der Waals surface area contributed by atoms with Gasteiger partial charge in [-0.2, -0.15) is 0 Å². The Kier molecular flexibility index (Phi) is 4.85. The molecule has 0 fully saturated rings. The van der Waals surface area contributed by atoms with E-state index in [0.717, 1.165) is 22.5 Å². The van der Waals surface area contributed by atoms with Gasteiger partial charge in [0, 0.05) is 17.3 Å². The standard InChI is InChI=1S/C22H19NO5/c1-14-11-21(24)28-20-12-17(8-9-18(14)20)23-22(25)27-13-15-4-6-16(7-5-15)19-3-2-10-26-19/h2-10,12,14H,11,13H2,1H3,(H,23,25). The SMILES string of the molecule is CC1CC(=O)Oc2cc(NC(=O)OCc3ccc(-c4ccco4)cc3)ccc21. The summed E-state index contributed by atoms with van der Waals surface area (Å²) in [7, 11) is 0. The molecule has 1 aromatic heterocycles. The number of nitrogens with one attached hydrogen (secondary N) is 1. The van der Waals surface area contributed by atoms with Gasteiger partial charge in [-0.3, -0.25) is 10.1 Å². The lowest BCUT2D eigenvalue weighted by atomic mass is 9.94. The third kappa shape index (κ3) is 3.91. The van der Waals surface area contributed by atoms with Crippen LogP contribution in [0.2, 0.25) is 0 Å². The summed E-state index contributed by atoms with van der Waals surface area (Å²) < 4.78 is 15.9. The van der Waals surface area contributed by atoms with Gasteiger partial charge in [-0.25, -0.2) is 4.79 Å². The van der Waals surface area contributed by atoms with Crippen molar-refractivity contribution in [2.45, 2.75) is 25.9 Å². The number of ether oxygens (including phenoxy) is 2. The Bertz CT molecular complexity index is 992. The van der Waals surface area contributed by atoms with Crippen LogP contribution in [0, 0.1) is 0 Å². The van der Waals surface area contributed by atoms with Gasteiger partial charge >= 0.3 is 12.1 Å². The fourth-order valence-corrected chi connectivity index (χ4v) is 3.14. The Morgan fingerprint density at radius 3 is 2.75 bits per heavy atom. The summed E-state index contributed by atoms with van der Waals surface area (Å²) in [6.07, 6.45) is 1.41. The summed E-state index contributed by atoms with van der Waals surface area (Å²) in [6.45, 7) is 2.11. The number of fused-ring (bicyclic) bond motifs is 1. The zero-order chi connectivity index (χ0) is 19.5. The average molecular weight is 377 g/mol. The summed E-state index contributed by atoms with van der Waals surface area (Å²) in [6, 6.07) is 16.6. The van der Waals surface area contributed by atoms with E-state index >= 15 is 0 Å². The van der Waals surface area contributed by atoms with E-state index in [1.807, 2.05) is 49.4 Å². The highest BCUT2D eigenvalue weighted by Crippen LogP contribution is 2.35. The van der Waals surface area contributed by atoms with E-state index in [9.17, 15) is 9.59 Å². The van der Waals surface area contributed by atoms with Crippen LogP contribution >= 0.6 is 0 Å². The number of anilines is 1. The molecule has 1 N–H and O–H groups in total. The predicted octanol–water partition coefficient (Wildman–Crippen LogP) is 5.11. The first-order valence-electron chi connectivity index (χ1n) is 9.00. The first-order chi connectivity index (χ1) is 13.6. The quantitative estimate of drug-likeness (QED) is 0.505. The highest BCUT2D eigenvalue weighted by atomic mass is 16.5. The maximum absolute atomic E-state index is 12.1. The van der Waals surface area contributed by atoms with Crippen LogP contribution in [-0.4, -0.2) is 12.1 Å². The van der Waals surface area contributed by atoms with Crippen molar-refractivity contribution in [1.29, 1.82) is 0 Å². The normalized spacial score (nSPS) is 15.5. The van der Waals surface area contributed by atoms with Gasteiger partial charge in [0.15, 0.2) is 0 Å². The zero-order valence-electron chi connectivity index (χ0n) is 15.3. The topological polar surface area (TPSA) is 77.8 Å². The maximum Gasteiger partial charge on any atom is 0.411 e. The molecule has 0 bridgehead atoms. The Balaban J connectivity index is 1.35. The summed E-state index contributed by atoms with van der Waals surface area (Å²) in [4.78, 5) is 23.7. The van der Waals surface area contributed by atoms with Crippen LogP contribution in [0.1, 0.15) is 30.4 Å². The molecule has 142 valence electrons. The lowest BCUT2D eigenvalue weighted by molar-refractivity contribution is -0.135. The van der Waals surface area contributed by atoms with E-state index < -0.39 is 6.09 Å². The molecule has 1 amide bonds. The fourth-order valence-electron chi connectivity index (χ4n) is 3.14. The van der Waals surface area contributed by atoms with E-state index in [4.69, 9.17) is 13.9 Å². The molecule has 0 radical (unpaired) electrons. The number of amides is 1. The lowest BCUT2D eigenvalue weighted by Crippen LogP contribution is -2.19.